The van der Waals surface area contributed by atoms with E-state index in [4.69, 9.17) is 27.9 Å². The van der Waals surface area contributed by atoms with Crippen molar-refractivity contribution in [3.05, 3.63) is 69.2 Å². The molecule has 3 rings (SSSR count). The molecule has 1 N–H and O–H groups in total. The summed E-state index contributed by atoms with van der Waals surface area (Å²) in [6.45, 7) is 0.856. The summed E-state index contributed by atoms with van der Waals surface area (Å²) in [5.41, 5.74) is 1.02. The monoisotopic (exact) mass is 448 g/mol. The maximum Gasteiger partial charge on any atom is 0.295 e. The van der Waals surface area contributed by atoms with Crippen LogP contribution in [0.2, 0.25) is 10.0 Å². The van der Waals surface area contributed by atoms with E-state index >= 15 is 0 Å². The molecule has 2 aromatic carbocycles. The molecule has 0 aliphatic carbocycles. The van der Waals surface area contributed by atoms with Crippen molar-refractivity contribution < 1.29 is 19.4 Å². The lowest BCUT2D eigenvalue weighted by molar-refractivity contribution is -0.140. The minimum absolute atomic E-state index is 0.0160. The molecule has 1 atom stereocenters. The molecular formula is C22H22Cl2N2O4. The molecule has 1 amide bonds. The molecule has 0 bridgehead atoms. The Morgan fingerprint density at radius 2 is 1.77 bits per heavy atom. The number of Topliss-reactive ketones (excluding diaryl/α,β-unsaturated/α-hetero) is 1. The first kappa shape index (κ1) is 22.2. The SMILES string of the molecule is COc1ccc(/C(O)=C2\C(=O)C(=O)N(CCN(C)C)[C@H]2c2ccc(Cl)c(Cl)c2)cc1. The van der Waals surface area contributed by atoms with E-state index in [2.05, 4.69) is 0 Å². The lowest BCUT2D eigenvalue weighted by atomic mass is 9.95. The number of rotatable bonds is 6. The van der Waals surface area contributed by atoms with Crippen molar-refractivity contribution in [1.29, 1.82) is 0 Å². The Hall–Kier alpha value is -2.54. The van der Waals surface area contributed by atoms with Crippen LogP contribution in [0.3, 0.4) is 0 Å². The van der Waals surface area contributed by atoms with Gasteiger partial charge in [-0.1, -0.05) is 29.3 Å². The molecule has 30 heavy (non-hydrogen) atoms. The number of amides is 1. The van der Waals surface area contributed by atoms with E-state index < -0.39 is 17.7 Å². The fraction of sp³-hybridized carbons (Fsp3) is 0.273. The van der Waals surface area contributed by atoms with Gasteiger partial charge >= 0.3 is 0 Å². The van der Waals surface area contributed by atoms with Crippen LogP contribution >= 0.6 is 23.2 Å². The zero-order chi connectivity index (χ0) is 22.0. The van der Waals surface area contributed by atoms with Gasteiger partial charge in [0.1, 0.15) is 11.5 Å². The number of aliphatic hydroxyl groups is 1. The number of ketones is 1. The molecule has 0 unspecified atom stereocenters. The Labute approximate surface area is 185 Å². The average Bonchev–Trinajstić information content (AvgIpc) is 2.98. The Bertz CT molecular complexity index is 1000. The summed E-state index contributed by atoms with van der Waals surface area (Å²) in [6.07, 6.45) is 0. The summed E-state index contributed by atoms with van der Waals surface area (Å²) in [6, 6.07) is 10.8. The summed E-state index contributed by atoms with van der Waals surface area (Å²) in [5.74, 6) is -1.04. The van der Waals surface area contributed by atoms with Crippen molar-refractivity contribution in [2.75, 3.05) is 34.3 Å². The molecule has 158 valence electrons. The quantitative estimate of drug-likeness (QED) is 0.411. The zero-order valence-corrected chi connectivity index (χ0v) is 18.4. The number of benzene rings is 2. The van der Waals surface area contributed by atoms with Crippen LogP contribution in [-0.2, 0) is 9.59 Å². The van der Waals surface area contributed by atoms with Crippen LogP contribution in [0, 0.1) is 0 Å². The minimum Gasteiger partial charge on any atom is -0.507 e. The van der Waals surface area contributed by atoms with Gasteiger partial charge in [-0.05, 0) is 56.1 Å². The van der Waals surface area contributed by atoms with Crippen molar-refractivity contribution in [1.82, 2.24) is 9.80 Å². The molecule has 0 radical (unpaired) electrons. The Kier molecular flexibility index (Phi) is 6.71. The van der Waals surface area contributed by atoms with Crippen molar-refractivity contribution in [2.24, 2.45) is 0 Å². The highest BCUT2D eigenvalue weighted by Crippen LogP contribution is 2.40. The van der Waals surface area contributed by atoms with Crippen LogP contribution in [0.4, 0.5) is 0 Å². The van der Waals surface area contributed by atoms with Crippen LogP contribution in [0.25, 0.3) is 5.76 Å². The molecule has 0 saturated carbocycles. The molecule has 2 aromatic rings. The van der Waals surface area contributed by atoms with Gasteiger partial charge in [0, 0.05) is 18.7 Å². The summed E-state index contributed by atoms with van der Waals surface area (Å²) < 4.78 is 5.14. The molecular weight excluding hydrogens is 427 g/mol. The third kappa shape index (κ3) is 4.31. The van der Waals surface area contributed by atoms with Gasteiger partial charge in [-0.3, -0.25) is 9.59 Å². The lowest BCUT2D eigenvalue weighted by Crippen LogP contribution is -2.35. The van der Waals surface area contributed by atoms with Gasteiger partial charge in [-0.15, -0.1) is 0 Å². The number of halogens is 2. The second kappa shape index (κ2) is 9.08. The molecule has 8 heteroatoms. The van der Waals surface area contributed by atoms with E-state index in [1.807, 2.05) is 19.0 Å². The summed E-state index contributed by atoms with van der Waals surface area (Å²) in [4.78, 5) is 29.1. The van der Waals surface area contributed by atoms with Crippen LogP contribution in [0.5, 0.6) is 5.75 Å². The van der Waals surface area contributed by atoms with Crippen molar-refractivity contribution in [3.63, 3.8) is 0 Å². The van der Waals surface area contributed by atoms with Gasteiger partial charge in [0.25, 0.3) is 11.7 Å². The number of likely N-dealkylation sites (tertiary alicyclic amines) is 1. The number of likely N-dealkylation sites (N-methyl/N-ethyl adjacent to an activating group) is 1. The van der Waals surface area contributed by atoms with Crippen molar-refractivity contribution in [2.45, 2.75) is 6.04 Å². The highest BCUT2D eigenvalue weighted by molar-refractivity contribution is 6.46. The lowest BCUT2D eigenvalue weighted by Gasteiger charge is -2.26. The zero-order valence-electron chi connectivity index (χ0n) is 16.9. The molecule has 1 aliphatic rings. The third-order valence-corrected chi connectivity index (χ3v) is 5.69. The van der Waals surface area contributed by atoms with E-state index in [0.29, 0.717) is 40.0 Å². The second-order valence-corrected chi connectivity index (χ2v) is 8.01. The molecule has 0 spiro atoms. The largest absolute Gasteiger partial charge is 0.507 e. The Balaban J connectivity index is 2.15. The smallest absolute Gasteiger partial charge is 0.295 e. The first-order valence-electron chi connectivity index (χ1n) is 9.27. The van der Waals surface area contributed by atoms with Gasteiger partial charge in [0.2, 0.25) is 0 Å². The fourth-order valence-corrected chi connectivity index (χ4v) is 3.66. The highest BCUT2D eigenvalue weighted by atomic mass is 35.5. The number of methoxy groups -OCH3 is 1. The predicted octanol–water partition coefficient (Wildman–Crippen LogP) is 3.99. The first-order valence-corrected chi connectivity index (χ1v) is 10.0. The maximum atomic E-state index is 12.9. The molecule has 1 heterocycles. The molecule has 1 fully saturated rings. The van der Waals surface area contributed by atoms with E-state index in [-0.39, 0.29) is 11.3 Å². The van der Waals surface area contributed by atoms with Crippen LogP contribution in [-0.4, -0.2) is 60.9 Å². The minimum atomic E-state index is -0.776. The van der Waals surface area contributed by atoms with Crippen LogP contribution in [0.1, 0.15) is 17.2 Å². The topological polar surface area (TPSA) is 70.1 Å². The second-order valence-electron chi connectivity index (χ2n) is 7.20. The molecule has 1 aliphatic heterocycles. The van der Waals surface area contributed by atoms with Gasteiger partial charge in [-0.2, -0.15) is 0 Å². The number of carbonyl (C=O) groups is 2. The van der Waals surface area contributed by atoms with Crippen molar-refractivity contribution in [3.8, 4) is 5.75 Å². The Morgan fingerprint density at radius 3 is 2.33 bits per heavy atom. The molecule has 0 aromatic heterocycles. The third-order valence-electron chi connectivity index (χ3n) is 4.95. The summed E-state index contributed by atoms with van der Waals surface area (Å²) >= 11 is 12.2. The normalized spacial score (nSPS) is 18.3. The molecule has 1 saturated heterocycles. The van der Waals surface area contributed by atoms with Gasteiger partial charge in [0.05, 0.1) is 28.8 Å². The van der Waals surface area contributed by atoms with Gasteiger partial charge < -0.3 is 19.6 Å². The predicted molar refractivity (Wildman–Crippen MR) is 117 cm³/mol. The van der Waals surface area contributed by atoms with Gasteiger partial charge in [0.15, 0.2) is 0 Å². The number of aliphatic hydroxyl groups excluding tert-OH is 1. The van der Waals surface area contributed by atoms with Crippen LogP contribution in [0.15, 0.2) is 48.0 Å². The maximum absolute atomic E-state index is 12.9. The number of ether oxygens (including phenoxy) is 1. The fourth-order valence-electron chi connectivity index (χ4n) is 3.35. The van der Waals surface area contributed by atoms with E-state index in [9.17, 15) is 14.7 Å². The summed E-state index contributed by atoms with van der Waals surface area (Å²) in [5, 5.41) is 11.7. The standard InChI is InChI=1S/C22H22Cl2N2O4/c1-25(2)10-11-26-19(14-6-9-16(23)17(24)12-14)18(21(28)22(26)29)20(27)13-4-7-15(30-3)8-5-13/h4-9,12,19,27H,10-11H2,1-3H3/b20-18+/t19-/m0/s1. The molecule has 6 nitrogen and oxygen atoms in total. The number of carbonyl (C=O) groups excluding carboxylic acids is 2. The van der Waals surface area contributed by atoms with E-state index in [1.54, 1.807) is 42.5 Å². The highest BCUT2D eigenvalue weighted by Gasteiger charge is 2.46. The number of hydrogen-bond donors (Lipinski definition) is 1. The number of hydrogen-bond acceptors (Lipinski definition) is 5. The summed E-state index contributed by atoms with van der Waals surface area (Å²) in [7, 11) is 5.29. The first-order chi connectivity index (χ1) is 14.2. The van der Waals surface area contributed by atoms with E-state index in [1.165, 1.54) is 12.0 Å². The Morgan fingerprint density at radius 1 is 1.10 bits per heavy atom. The van der Waals surface area contributed by atoms with Gasteiger partial charge in [-0.25, -0.2) is 0 Å². The van der Waals surface area contributed by atoms with Crippen molar-refractivity contribution >= 4 is 40.7 Å². The average molecular weight is 449 g/mol. The van der Waals surface area contributed by atoms with Crippen LogP contribution < -0.4 is 4.74 Å². The van der Waals surface area contributed by atoms with E-state index in [0.717, 1.165) is 0 Å². The number of nitrogens with zero attached hydrogens (tertiary/aromatic N) is 2.